The SMILES string of the molecule is Cc1ccc(CC(=O)Nc2ccc(Nc3ccc(N4CCCC4)cc3)cn2)cc1. The van der Waals surface area contributed by atoms with Gasteiger partial charge in [0.25, 0.3) is 0 Å². The summed E-state index contributed by atoms with van der Waals surface area (Å²) < 4.78 is 0. The number of carbonyl (C=O) groups excluding carboxylic acids is 1. The van der Waals surface area contributed by atoms with Crippen molar-refractivity contribution in [2.45, 2.75) is 26.2 Å². The summed E-state index contributed by atoms with van der Waals surface area (Å²) in [5.41, 5.74) is 5.35. The van der Waals surface area contributed by atoms with Crippen LogP contribution in [0, 0.1) is 6.92 Å². The third-order valence-electron chi connectivity index (χ3n) is 5.14. The molecular weight excluding hydrogens is 360 g/mol. The number of hydrogen-bond acceptors (Lipinski definition) is 4. The zero-order valence-corrected chi connectivity index (χ0v) is 16.7. The van der Waals surface area contributed by atoms with E-state index < -0.39 is 0 Å². The number of carbonyl (C=O) groups is 1. The fraction of sp³-hybridized carbons (Fsp3) is 0.250. The van der Waals surface area contributed by atoms with Gasteiger partial charge in [0.05, 0.1) is 18.3 Å². The van der Waals surface area contributed by atoms with Crippen LogP contribution >= 0.6 is 0 Å². The molecule has 5 nitrogen and oxygen atoms in total. The Morgan fingerprint density at radius 2 is 1.62 bits per heavy atom. The zero-order valence-electron chi connectivity index (χ0n) is 16.7. The van der Waals surface area contributed by atoms with Crippen LogP contribution in [0.1, 0.15) is 24.0 Å². The number of nitrogens with one attached hydrogen (secondary N) is 2. The van der Waals surface area contributed by atoms with Gasteiger partial charge in [-0.15, -0.1) is 0 Å². The van der Waals surface area contributed by atoms with Crippen LogP contribution in [0.4, 0.5) is 22.9 Å². The van der Waals surface area contributed by atoms with Crippen molar-refractivity contribution in [3.63, 3.8) is 0 Å². The Hall–Kier alpha value is -3.34. The van der Waals surface area contributed by atoms with Gasteiger partial charge < -0.3 is 15.5 Å². The third-order valence-corrected chi connectivity index (χ3v) is 5.14. The number of rotatable bonds is 6. The van der Waals surface area contributed by atoms with E-state index in [0.717, 1.165) is 30.0 Å². The Balaban J connectivity index is 1.31. The van der Waals surface area contributed by atoms with Gasteiger partial charge in [-0.05, 0) is 61.7 Å². The van der Waals surface area contributed by atoms with E-state index in [4.69, 9.17) is 0 Å². The quantitative estimate of drug-likeness (QED) is 0.632. The molecule has 0 unspecified atom stereocenters. The van der Waals surface area contributed by atoms with Gasteiger partial charge in [-0.3, -0.25) is 4.79 Å². The first kappa shape index (κ1) is 19.0. The average Bonchev–Trinajstić information content (AvgIpc) is 3.27. The summed E-state index contributed by atoms with van der Waals surface area (Å²) in [6.07, 6.45) is 4.63. The molecule has 1 aliphatic heterocycles. The monoisotopic (exact) mass is 386 g/mol. The van der Waals surface area contributed by atoms with Crippen LogP contribution in [0.2, 0.25) is 0 Å². The summed E-state index contributed by atoms with van der Waals surface area (Å²) in [7, 11) is 0. The van der Waals surface area contributed by atoms with Crippen LogP contribution in [0.15, 0.2) is 66.9 Å². The maximum Gasteiger partial charge on any atom is 0.229 e. The lowest BCUT2D eigenvalue weighted by molar-refractivity contribution is -0.115. The second kappa shape index (κ2) is 8.78. The van der Waals surface area contributed by atoms with Crippen molar-refractivity contribution >= 4 is 28.8 Å². The maximum absolute atomic E-state index is 12.2. The van der Waals surface area contributed by atoms with Crippen LogP contribution in [0.3, 0.4) is 0 Å². The molecule has 4 rings (SSSR count). The number of nitrogens with zero attached hydrogens (tertiary/aromatic N) is 2. The topological polar surface area (TPSA) is 57.3 Å². The predicted molar refractivity (Wildman–Crippen MR) is 119 cm³/mol. The molecule has 0 aliphatic carbocycles. The van der Waals surface area contributed by atoms with E-state index in [1.54, 1.807) is 6.20 Å². The molecule has 1 aliphatic rings. The van der Waals surface area contributed by atoms with Crippen molar-refractivity contribution in [2.75, 3.05) is 28.6 Å². The van der Waals surface area contributed by atoms with E-state index in [2.05, 4.69) is 44.8 Å². The Morgan fingerprint density at radius 3 is 2.28 bits per heavy atom. The Bertz CT molecular complexity index is 944. The molecule has 29 heavy (non-hydrogen) atoms. The molecule has 2 N–H and O–H groups in total. The highest BCUT2D eigenvalue weighted by Crippen LogP contribution is 2.24. The average molecular weight is 386 g/mol. The first-order valence-electron chi connectivity index (χ1n) is 10.1. The van der Waals surface area contributed by atoms with E-state index in [1.165, 1.54) is 24.1 Å². The molecule has 0 radical (unpaired) electrons. The minimum absolute atomic E-state index is 0.0698. The van der Waals surface area contributed by atoms with E-state index in [-0.39, 0.29) is 5.91 Å². The lowest BCUT2D eigenvalue weighted by atomic mass is 10.1. The second-order valence-corrected chi connectivity index (χ2v) is 7.51. The van der Waals surface area contributed by atoms with E-state index in [0.29, 0.717) is 12.2 Å². The van der Waals surface area contributed by atoms with Crippen molar-refractivity contribution in [3.05, 3.63) is 78.0 Å². The highest BCUT2D eigenvalue weighted by atomic mass is 16.1. The molecule has 0 bridgehead atoms. The van der Waals surface area contributed by atoms with Gasteiger partial charge in [0.15, 0.2) is 0 Å². The third kappa shape index (κ3) is 5.13. The van der Waals surface area contributed by atoms with E-state index in [1.807, 2.05) is 43.3 Å². The van der Waals surface area contributed by atoms with Crippen LogP contribution in [-0.4, -0.2) is 24.0 Å². The summed E-state index contributed by atoms with van der Waals surface area (Å²) in [5.74, 6) is 0.483. The molecule has 1 amide bonds. The van der Waals surface area contributed by atoms with Crippen molar-refractivity contribution in [3.8, 4) is 0 Å². The van der Waals surface area contributed by atoms with Gasteiger partial charge in [0.1, 0.15) is 5.82 Å². The molecule has 1 aromatic heterocycles. The van der Waals surface area contributed by atoms with Crippen molar-refractivity contribution in [2.24, 2.45) is 0 Å². The molecule has 1 fully saturated rings. The lowest BCUT2D eigenvalue weighted by Gasteiger charge is -2.18. The summed E-state index contributed by atoms with van der Waals surface area (Å²) in [6.45, 7) is 4.33. The molecule has 0 atom stereocenters. The first-order chi connectivity index (χ1) is 14.2. The Morgan fingerprint density at radius 1 is 0.931 bits per heavy atom. The number of aryl methyl sites for hydroxylation is 1. The van der Waals surface area contributed by atoms with Gasteiger partial charge in [0.2, 0.25) is 5.91 Å². The van der Waals surface area contributed by atoms with Gasteiger partial charge in [0, 0.05) is 24.5 Å². The van der Waals surface area contributed by atoms with Crippen molar-refractivity contribution in [1.82, 2.24) is 4.98 Å². The van der Waals surface area contributed by atoms with Gasteiger partial charge >= 0.3 is 0 Å². The fourth-order valence-corrected chi connectivity index (χ4v) is 3.52. The molecule has 5 heteroatoms. The molecular formula is C24H26N4O. The lowest BCUT2D eigenvalue weighted by Crippen LogP contribution is -2.17. The largest absolute Gasteiger partial charge is 0.372 e. The summed E-state index contributed by atoms with van der Waals surface area (Å²) in [5, 5.41) is 6.21. The van der Waals surface area contributed by atoms with Gasteiger partial charge in [-0.1, -0.05) is 29.8 Å². The minimum Gasteiger partial charge on any atom is -0.372 e. The van der Waals surface area contributed by atoms with Crippen LogP contribution < -0.4 is 15.5 Å². The summed E-state index contributed by atoms with van der Waals surface area (Å²) in [6, 6.07) is 20.2. The van der Waals surface area contributed by atoms with Gasteiger partial charge in [-0.2, -0.15) is 0 Å². The molecule has 3 aromatic rings. The Labute approximate surface area is 171 Å². The van der Waals surface area contributed by atoms with E-state index in [9.17, 15) is 4.79 Å². The number of anilines is 4. The van der Waals surface area contributed by atoms with Gasteiger partial charge in [-0.25, -0.2) is 4.98 Å². The highest BCUT2D eigenvalue weighted by Gasteiger charge is 2.11. The Kier molecular flexibility index (Phi) is 5.75. The van der Waals surface area contributed by atoms with Crippen LogP contribution in [0.5, 0.6) is 0 Å². The number of pyridine rings is 1. The highest BCUT2D eigenvalue weighted by molar-refractivity contribution is 5.91. The fourth-order valence-electron chi connectivity index (χ4n) is 3.52. The molecule has 148 valence electrons. The zero-order chi connectivity index (χ0) is 20.1. The standard InChI is InChI=1S/C24H26N4O/c1-18-4-6-19(7-5-18)16-24(29)27-23-13-10-21(17-25-23)26-20-8-11-22(12-9-20)28-14-2-3-15-28/h4-13,17,26H,2-3,14-16H2,1H3,(H,25,27,29). The second-order valence-electron chi connectivity index (χ2n) is 7.51. The van der Waals surface area contributed by atoms with Crippen LogP contribution in [0.25, 0.3) is 0 Å². The van der Waals surface area contributed by atoms with Crippen molar-refractivity contribution < 1.29 is 4.79 Å². The number of amides is 1. The maximum atomic E-state index is 12.2. The number of hydrogen-bond donors (Lipinski definition) is 2. The molecule has 2 aromatic carbocycles. The smallest absolute Gasteiger partial charge is 0.229 e. The first-order valence-corrected chi connectivity index (χ1v) is 10.1. The molecule has 0 spiro atoms. The normalized spacial score (nSPS) is 13.3. The van der Waals surface area contributed by atoms with Crippen molar-refractivity contribution in [1.29, 1.82) is 0 Å². The molecule has 2 heterocycles. The summed E-state index contributed by atoms with van der Waals surface area (Å²) >= 11 is 0. The predicted octanol–water partition coefficient (Wildman–Crippen LogP) is 4.92. The summed E-state index contributed by atoms with van der Waals surface area (Å²) in [4.78, 5) is 19.0. The molecule has 0 saturated carbocycles. The minimum atomic E-state index is -0.0698. The molecule has 1 saturated heterocycles. The number of aromatic nitrogens is 1. The number of benzene rings is 2. The van der Waals surface area contributed by atoms with Crippen LogP contribution in [-0.2, 0) is 11.2 Å². The van der Waals surface area contributed by atoms with E-state index >= 15 is 0 Å².